The van der Waals surface area contributed by atoms with Crippen LogP contribution in [0.5, 0.6) is 0 Å². The lowest BCUT2D eigenvalue weighted by atomic mass is 9.99. The Morgan fingerprint density at radius 3 is 2.27 bits per heavy atom. The summed E-state index contributed by atoms with van der Waals surface area (Å²) in [5.74, 6) is 0. The quantitative estimate of drug-likeness (QED) is 0.272. The van der Waals surface area contributed by atoms with Crippen LogP contribution in [0.2, 0.25) is 0 Å². The molecule has 0 fully saturated rings. The smallest absolute Gasteiger partial charge is 0.135 e. The molecular formula is C31H21NO. The second-order valence-electron chi connectivity index (χ2n) is 8.65. The number of hydrogen-bond donors (Lipinski definition) is 0. The van der Waals surface area contributed by atoms with Gasteiger partial charge in [-0.3, -0.25) is 0 Å². The molecule has 156 valence electrons. The second-order valence-corrected chi connectivity index (χ2v) is 8.65. The predicted molar refractivity (Wildman–Crippen MR) is 138 cm³/mol. The molecule has 0 amide bonds. The van der Waals surface area contributed by atoms with E-state index in [9.17, 15) is 0 Å². The van der Waals surface area contributed by atoms with Gasteiger partial charge in [0.15, 0.2) is 0 Å². The summed E-state index contributed by atoms with van der Waals surface area (Å²) in [4.78, 5) is 0. The molecule has 7 rings (SSSR count). The molecule has 0 unspecified atom stereocenters. The van der Waals surface area contributed by atoms with Crippen molar-refractivity contribution in [3.05, 3.63) is 115 Å². The molecule has 0 bridgehead atoms. The minimum absolute atomic E-state index is 0.925. The Bertz CT molecular complexity index is 1820. The first kappa shape index (κ1) is 18.3. The maximum Gasteiger partial charge on any atom is 0.135 e. The molecule has 0 radical (unpaired) electrons. The van der Waals surface area contributed by atoms with Crippen molar-refractivity contribution in [1.29, 1.82) is 0 Å². The van der Waals surface area contributed by atoms with E-state index < -0.39 is 0 Å². The highest BCUT2D eigenvalue weighted by atomic mass is 16.3. The monoisotopic (exact) mass is 423 g/mol. The summed E-state index contributed by atoms with van der Waals surface area (Å²) in [6, 6.07) is 38.8. The van der Waals surface area contributed by atoms with E-state index in [1.54, 1.807) is 0 Å². The average molecular weight is 424 g/mol. The van der Waals surface area contributed by atoms with Gasteiger partial charge in [-0.15, -0.1) is 0 Å². The molecule has 0 aliphatic rings. The van der Waals surface area contributed by atoms with Crippen molar-refractivity contribution in [1.82, 2.24) is 4.57 Å². The summed E-state index contributed by atoms with van der Waals surface area (Å²) in [5, 5.41) is 4.90. The van der Waals surface area contributed by atoms with Crippen molar-refractivity contribution in [2.75, 3.05) is 0 Å². The Morgan fingerprint density at radius 1 is 0.576 bits per heavy atom. The molecule has 2 heterocycles. The van der Waals surface area contributed by atoms with Gasteiger partial charge in [0.05, 0.1) is 11.0 Å². The van der Waals surface area contributed by atoms with E-state index in [0.29, 0.717) is 0 Å². The highest BCUT2D eigenvalue weighted by molar-refractivity contribution is 6.16. The third-order valence-electron chi connectivity index (χ3n) is 6.73. The SMILES string of the molecule is Cc1cccc2oc3ccc(-n4c5ccccc5c5c(-c6ccccc6)cccc54)cc3c12. The Hall–Kier alpha value is -4.30. The molecule has 2 aromatic heterocycles. The molecule has 2 heteroatoms. The molecule has 2 nitrogen and oxygen atoms in total. The maximum atomic E-state index is 6.15. The van der Waals surface area contributed by atoms with E-state index in [-0.39, 0.29) is 0 Å². The van der Waals surface area contributed by atoms with Crippen molar-refractivity contribution in [3.63, 3.8) is 0 Å². The summed E-state index contributed by atoms with van der Waals surface area (Å²) in [6.07, 6.45) is 0. The number of nitrogens with zero attached hydrogens (tertiary/aromatic N) is 1. The minimum Gasteiger partial charge on any atom is -0.456 e. The summed E-state index contributed by atoms with van der Waals surface area (Å²) in [5.41, 5.74) is 9.15. The molecule has 0 N–H and O–H groups in total. The van der Waals surface area contributed by atoms with Crippen LogP contribution in [0.3, 0.4) is 0 Å². The van der Waals surface area contributed by atoms with Gasteiger partial charge in [-0.25, -0.2) is 0 Å². The van der Waals surface area contributed by atoms with E-state index in [1.165, 1.54) is 43.9 Å². The molecule has 0 saturated carbocycles. The largest absolute Gasteiger partial charge is 0.456 e. The fourth-order valence-corrected chi connectivity index (χ4v) is 5.29. The van der Waals surface area contributed by atoms with Crippen molar-refractivity contribution in [2.45, 2.75) is 6.92 Å². The molecular weight excluding hydrogens is 402 g/mol. The topological polar surface area (TPSA) is 18.1 Å². The van der Waals surface area contributed by atoms with Crippen LogP contribution >= 0.6 is 0 Å². The maximum absolute atomic E-state index is 6.15. The van der Waals surface area contributed by atoms with E-state index in [0.717, 1.165) is 22.2 Å². The Labute approximate surface area is 191 Å². The lowest BCUT2D eigenvalue weighted by Crippen LogP contribution is -1.93. The number of aromatic nitrogens is 1. The molecule has 0 aliphatic carbocycles. The van der Waals surface area contributed by atoms with Crippen LogP contribution in [-0.2, 0) is 0 Å². The number of benzene rings is 5. The van der Waals surface area contributed by atoms with Crippen LogP contribution in [0.25, 0.3) is 60.6 Å². The first-order valence-corrected chi connectivity index (χ1v) is 11.3. The van der Waals surface area contributed by atoms with Crippen LogP contribution in [0.4, 0.5) is 0 Å². The highest BCUT2D eigenvalue weighted by Crippen LogP contribution is 2.39. The standard InChI is InChI=1S/C31H21NO/c1-20-9-7-16-29-30(20)25-19-22(17-18-28(25)33-29)32-26-14-6-5-12-24(26)31-23(13-8-15-27(31)32)21-10-3-2-4-11-21/h2-19H,1H3. The Morgan fingerprint density at radius 2 is 1.36 bits per heavy atom. The fraction of sp³-hybridized carbons (Fsp3) is 0.0323. The number of aryl methyl sites for hydroxylation is 1. The Kier molecular flexibility index (Phi) is 3.80. The normalized spacial score (nSPS) is 11.8. The van der Waals surface area contributed by atoms with E-state index in [4.69, 9.17) is 4.42 Å². The highest BCUT2D eigenvalue weighted by Gasteiger charge is 2.17. The molecule has 0 atom stereocenters. The minimum atomic E-state index is 0.925. The van der Waals surface area contributed by atoms with Crippen molar-refractivity contribution in [3.8, 4) is 16.8 Å². The lowest BCUT2D eigenvalue weighted by molar-refractivity contribution is 0.668. The molecule has 7 aromatic rings. The fourth-order valence-electron chi connectivity index (χ4n) is 5.29. The second kappa shape index (κ2) is 6.85. The summed E-state index contributed by atoms with van der Waals surface area (Å²) < 4.78 is 8.53. The van der Waals surface area contributed by atoms with Gasteiger partial charge in [0.1, 0.15) is 11.2 Å². The van der Waals surface area contributed by atoms with E-state index in [1.807, 2.05) is 0 Å². The van der Waals surface area contributed by atoms with Gasteiger partial charge in [0, 0.05) is 27.2 Å². The number of hydrogen-bond acceptors (Lipinski definition) is 1. The molecule has 5 aromatic carbocycles. The summed E-state index contributed by atoms with van der Waals surface area (Å²) in [6.45, 7) is 2.15. The van der Waals surface area contributed by atoms with Crippen LogP contribution in [0, 0.1) is 6.92 Å². The summed E-state index contributed by atoms with van der Waals surface area (Å²) in [7, 11) is 0. The van der Waals surface area contributed by atoms with Gasteiger partial charge < -0.3 is 8.98 Å². The van der Waals surface area contributed by atoms with E-state index in [2.05, 4.69) is 121 Å². The molecule has 0 aliphatic heterocycles. The molecule has 33 heavy (non-hydrogen) atoms. The zero-order valence-corrected chi connectivity index (χ0v) is 18.2. The van der Waals surface area contributed by atoms with Crippen LogP contribution in [0.15, 0.2) is 114 Å². The zero-order valence-electron chi connectivity index (χ0n) is 18.2. The van der Waals surface area contributed by atoms with Gasteiger partial charge in [-0.2, -0.15) is 0 Å². The Balaban J connectivity index is 1.60. The third kappa shape index (κ3) is 2.61. The number of para-hydroxylation sites is 1. The van der Waals surface area contributed by atoms with Gasteiger partial charge in [0.25, 0.3) is 0 Å². The van der Waals surface area contributed by atoms with Gasteiger partial charge in [0.2, 0.25) is 0 Å². The molecule has 0 spiro atoms. The van der Waals surface area contributed by atoms with Crippen molar-refractivity contribution >= 4 is 43.7 Å². The number of rotatable bonds is 2. The van der Waals surface area contributed by atoms with Gasteiger partial charge in [-0.1, -0.05) is 72.8 Å². The zero-order chi connectivity index (χ0) is 21.9. The lowest BCUT2D eigenvalue weighted by Gasteiger charge is -2.09. The van der Waals surface area contributed by atoms with Crippen molar-refractivity contribution < 1.29 is 4.42 Å². The average Bonchev–Trinajstić information content (AvgIpc) is 3.40. The summed E-state index contributed by atoms with van der Waals surface area (Å²) >= 11 is 0. The predicted octanol–water partition coefficient (Wildman–Crippen LogP) is 8.66. The van der Waals surface area contributed by atoms with E-state index >= 15 is 0 Å². The van der Waals surface area contributed by atoms with Crippen LogP contribution in [-0.4, -0.2) is 4.57 Å². The van der Waals surface area contributed by atoms with Crippen molar-refractivity contribution in [2.24, 2.45) is 0 Å². The number of furan rings is 1. The van der Waals surface area contributed by atoms with Gasteiger partial charge in [-0.05, 0) is 60.0 Å². The van der Waals surface area contributed by atoms with Crippen LogP contribution < -0.4 is 0 Å². The first-order valence-electron chi connectivity index (χ1n) is 11.3. The number of fused-ring (bicyclic) bond motifs is 6. The molecule has 0 saturated heterocycles. The third-order valence-corrected chi connectivity index (χ3v) is 6.73. The first-order chi connectivity index (χ1) is 16.3. The van der Waals surface area contributed by atoms with Crippen LogP contribution in [0.1, 0.15) is 5.56 Å². The van der Waals surface area contributed by atoms with Gasteiger partial charge >= 0.3 is 0 Å².